The van der Waals surface area contributed by atoms with Crippen LogP contribution in [0.2, 0.25) is 0 Å². The smallest absolute Gasteiger partial charge is 0.409 e. The Labute approximate surface area is 161 Å². The van der Waals surface area contributed by atoms with Crippen molar-refractivity contribution in [3.05, 3.63) is 0 Å². The van der Waals surface area contributed by atoms with Crippen LogP contribution in [0.15, 0.2) is 4.99 Å². The van der Waals surface area contributed by atoms with Gasteiger partial charge in [-0.25, -0.2) is 13.2 Å². The first-order chi connectivity index (χ1) is 10.9. The summed E-state index contributed by atoms with van der Waals surface area (Å²) < 4.78 is 27.2. The summed E-state index contributed by atoms with van der Waals surface area (Å²) in [6.07, 6.45) is 3.17. The number of hydrogen-bond acceptors (Lipinski definition) is 5. The number of halogens is 1. The molecule has 0 unspecified atom stereocenters. The summed E-state index contributed by atoms with van der Waals surface area (Å²) in [5.74, 6) is 0.822. The van der Waals surface area contributed by atoms with E-state index < -0.39 is 9.84 Å². The number of ether oxygens (including phenoxy) is 1. The van der Waals surface area contributed by atoms with E-state index in [1.807, 2.05) is 0 Å². The Balaban J connectivity index is 0.00000529. The Morgan fingerprint density at radius 3 is 2.46 bits per heavy atom. The second-order valence-electron chi connectivity index (χ2n) is 5.59. The number of carbonyl (C=O) groups excluding carboxylic acids is 1. The van der Waals surface area contributed by atoms with Gasteiger partial charge in [0.25, 0.3) is 0 Å². The maximum Gasteiger partial charge on any atom is 0.409 e. The lowest BCUT2D eigenvalue weighted by Gasteiger charge is -2.32. The van der Waals surface area contributed by atoms with Crippen molar-refractivity contribution in [2.24, 2.45) is 4.99 Å². The highest BCUT2D eigenvalue weighted by Gasteiger charge is 2.23. The maximum absolute atomic E-state index is 11.6. The highest BCUT2D eigenvalue weighted by atomic mass is 127. The summed E-state index contributed by atoms with van der Waals surface area (Å²) in [6.45, 7) is 4.05. The first kappa shape index (κ1) is 23.2. The highest BCUT2D eigenvalue weighted by molar-refractivity contribution is 14.0. The van der Waals surface area contributed by atoms with E-state index in [1.165, 1.54) is 6.26 Å². The molecule has 0 atom stereocenters. The quantitative estimate of drug-likeness (QED) is 0.255. The van der Waals surface area contributed by atoms with Gasteiger partial charge in [0.15, 0.2) is 5.96 Å². The lowest BCUT2D eigenvalue weighted by Crippen LogP contribution is -2.50. The number of rotatable bonds is 6. The largest absolute Gasteiger partial charge is 0.450 e. The van der Waals surface area contributed by atoms with Crippen LogP contribution in [0.5, 0.6) is 0 Å². The minimum Gasteiger partial charge on any atom is -0.450 e. The molecule has 0 saturated carbocycles. The molecule has 0 aromatic rings. The molecule has 8 nitrogen and oxygen atoms in total. The fraction of sp³-hybridized carbons (Fsp3) is 0.857. The van der Waals surface area contributed by atoms with Gasteiger partial charge in [-0.1, -0.05) is 0 Å². The molecule has 2 N–H and O–H groups in total. The Kier molecular flexibility index (Phi) is 11.3. The van der Waals surface area contributed by atoms with Crippen molar-refractivity contribution < 1.29 is 17.9 Å². The van der Waals surface area contributed by atoms with Crippen LogP contribution in [-0.4, -0.2) is 76.7 Å². The number of piperidine rings is 1. The van der Waals surface area contributed by atoms with Crippen molar-refractivity contribution in [1.29, 1.82) is 0 Å². The molecule has 1 amide bonds. The molecule has 142 valence electrons. The summed E-state index contributed by atoms with van der Waals surface area (Å²) in [6, 6.07) is 0.238. The Hall–Kier alpha value is -0.780. The topological polar surface area (TPSA) is 100 Å². The molecule has 0 spiro atoms. The zero-order valence-corrected chi connectivity index (χ0v) is 17.7. The van der Waals surface area contributed by atoms with Crippen LogP contribution in [0.25, 0.3) is 0 Å². The Bertz CT molecular complexity index is 505. The summed E-state index contributed by atoms with van der Waals surface area (Å²) >= 11 is 0. The number of carbonyl (C=O) groups is 1. The van der Waals surface area contributed by atoms with Gasteiger partial charge < -0.3 is 20.3 Å². The van der Waals surface area contributed by atoms with Crippen molar-refractivity contribution in [2.75, 3.05) is 45.3 Å². The van der Waals surface area contributed by atoms with Gasteiger partial charge in [-0.15, -0.1) is 24.0 Å². The SMILES string of the molecule is CCOC(=O)N1CCC(NC(=NC)NCCCS(C)(=O)=O)CC1.I. The van der Waals surface area contributed by atoms with Crippen LogP contribution >= 0.6 is 24.0 Å². The van der Waals surface area contributed by atoms with Gasteiger partial charge in [0, 0.05) is 39.0 Å². The molecule has 1 saturated heterocycles. The van der Waals surface area contributed by atoms with Gasteiger partial charge in [-0.3, -0.25) is 4.99 Å². The fourth-order valence-electron chi connectivity index (χ4n) is 2.35. The molecule has 1 aliphatic rings. The number of nitrogens with zero attached hydrogens (tertiary/aromatic N) is 2. The van der Waals surface area contributed by atoms with Crippen molar-refractivity contribution in [1.82, 2.24) is 15.5 Å². The van der Waals surface area contributed by atoms with Crippen LogP contribution in [0, 0.1) is 0 Å². The van der Waals surface area contributed by atoms with Crippen molar-refractivity contribution >= 4 is 45.9 Å². The van der Waals surface area contributed by atoms with Crippen molar-refractivity contribution in [3.63, 3.8) is 0 Å². The van der Waals surface area contributed by atoms with Gasteiger partial charge in [0.05, 0.1) is 12.4 Å². The molecule has 1 heterocycles. The zero-order valence-electron chi connectivity index (χ0n) is 14.6. The van der Waals surface area contributed by atoms with Crippen molar-refractivity contribution in [2.45, 2.75) is 32.2 Å². The van der Waals surface area contributed by atoms with Gasteiger partial charge in [-0.2, -0.15) is 0 Å². The predicted molar refractivity (Wildman–Crippen MR) is 106 cm³/mol. The number of sulfone groups is 1. The summed E-state index contributed by atoms with van der Waals surface area (Å²) in [7, 11) is -1.24. The lowest BCUT2D eigenvalue weighted by atomic mass is 10.1. The third kappa shape index (κ3) is 9.50. The molecule has 0 aromatic heterocycles. The summed E-state index contributed by atoms with van der Waals surface area (Å²) in [4.78, 5) is 17.5. The van der Waals surface area contributed by atoms with Crippen LogP contribution < -0.4 is 10.6 Å². The standard InChI is InChI=1S/C14H28N4O4S.HI/c1-4-22-14(19)18-9-6-12(7-10-18)17-13(15-2)16-8-5-11-23(3,20)21;/h12H,4-11H2,1-3H3,(H2,15,16,17);1H. The summed E-state index contributed by atoms with van der Waals surface area (Å²) in [5, 5.41) is 6.42. The molecule has 0 aromatic carbocycles. The number of amides is 1. The van der Waals surface area contributed by atoms with Crippen LogP contribution in [0.4, 0.5) is 4.79 Å². The van der Waals surface area contributed by atoms with E-state index in [1.54, 1.807) is 18.9 Å². The minimum absolute atomic E-state index is 0. The number of likely N-dealkylation sites (tertiary alicyclic amines) is 1. The van der Waals surface area contributed by atoms with E-state index in [2.05, 4.69) is 15.6 Å². The highest BCUT2D eigenvalue weighted by Crippen LogP contribution is 2.11. The lowest BCUT2D eigenvalue weighted by molar-refractivity contribution is 0.0963. The van der Waals surface area contributed by atoms with E-state index in [0.717, 1.165) is 12.8 Å². The normalized spacial score (nSPS) is 16.3. The second-order valence-corrected chi connectivity index (χ2v) is 7.85. The van der Waals surface area contributed by atoms with E-state index in [0.29, 0.717) is 38.6 Å². The molecule has 0 aliphatic carbocycles. The van der Waals surface area contributed by atoms with E-state index >= 15 is 0 Å². The van der Waals surface area contributed by atoms with E-state index in [-0.39, 0.29) is 41.9 Å². The Morgan fingerprint density at radius 1 is 1.33 bits per heavy atom. The van der Waals surface area contributed by atoms with Crippen LogP contribution in [0.1, 0.15) is 26.2 Å². The molecule has 24 heavy (non-hydrogen) atoms. The molecule has 0 radical (unpaired) electrons. The maximum atomic E-state index is 11.6. The van der Waals surface area contributed by atoms with Gasteiger partial charge >= 0.3 is 6.09 Å². The number of aliphatic imine (C=N–C) groups is 1. The molecule has 1 fully saturated rings. The minimum atomic E-state index is -2.92. The van der Waals surface area contributed by atoms with Gasteiger partial charge in [0.1, 0.15) is 9.84 Å². The second kappa shape index (κ2) is 11.7. The average Bonchev–Trinajstić information content (AvgIpc) is 2.50. The number of hydrogen-bond donors (Lipinski definition) is 2. The van der Waals surface area contributed by atoms with Gasteiger partial charge in [0.2, 0.25) is 0 Å². The van der Waals surface area contributed by atoms with E-state index in [4.69, 9.17) is 4.74 Å². The fourth-order valence-corrected chi connectivity index (χ4v) is 3.02. The monoisotopic (exact) mass is 476 g/mol. The molecule has 0 bridgehead atoms. The molecular weight excluding hydrogens is 447 g/mol. The van der Waals surface area contributed by atoms with Crippen LogP contribution in [-0.2, 0) is 14.6 Å². The van der Waals surface area contributed by atoms with Crippen LogP contribution in [0.3, 0.4) is 0 Å². The third-order valence-electron chi connectivity index (χ3n) is 3.57. The number of guanidine groups is 1. The molecular formula is C14H29IN4O4S. The average molecular weight is 476 g/mol. The third-order valence-corrected chi connectivity index (χ3v) is 4.60. The van der Waals surface area contributed by atoms with E-state index in [9.17, 15) is 13.2 Å². The first-order valence-corrected chi connectivity index (χ1v) is 9.98. The first-order valence-electron chi connectivity index (χ1n) is 7.92. The number of nitrogens with one attached hydrogen (secondary N) is 2. The molecule has 1 rings (SSSR count). The molecule has 10 heteroatoms. The summed E-state index contributed by atoms with van der Waals surface area (Å²) in [5.41, 5.74) is 0. The zero-order chi connectivity index (χ0) is 17.3. The van der Waals surface area contributed by atoms with Gasteiger partial charge in [-0.05, 0) is 26.2 Å². The molecule has 1 aliphatic heterocycles. The van der Waals surface area contributed by atoms with Crippen molar-refractivity contribution in [3.8, 4) is 0 Å². The Morgan fingerprint density at radius 2 is 1.96 bits per heavy atom. The predicted octanol–water partition coefficient (Wildman–Crippen LogP) is 0.825.